The highest BCUT2D eigenvalue weighted by Gasteiger charge is 2.44. The van der Waals surface area contributed by atoms with Crippen molar-refractivity contribution in [1.82, 2.24) is 5.32 Å². The van der Waals surface area contributed by atoms with Crippen LogP contribution in [0.25, 0.3) is 0 Å². The van der Waals surface area contributed by atoms with Gasteiger partial charge in [-0.05, 0) is 70.6 Å². The molecule has 6 N–H and O–H groups in total. The third-order valence-electron chi connectivity index (χ3n) is 14.8. The number of unbranched alkanes of at least 4 members (excludes halogenated alkanes) is 36. The van der Waals surface area contributed by atoms with E-state index in [2.05, 4.69) is 67.8 Å². The van der Waals surface area contributed by atoms with Gasteiger partial charge in [0, 0.05) is 6.42 Å². The number of carbonyl (C=O) groups excluding carboxylic acids is 1. The summed E-state index contributed by atoms with van der Waals surface area (Å²) in [6, 6.07) is -0.820. The fourth-order valence-electron chi connectivity index (χ4n) is 9.83. The van der Waals surface area contributed by atoms with Crippen molar-refractivity contribution < 1.29 is 39.8 Å². The maximum atomic E-state index is 13.0. The molecule has 0 aromatic rings. The third-order valence-corrected chi connectivity index (χ3v) is 14.8. The lowest BCUT2D eigenvalue weighted by Gasteiger charge is -2.40. The van der Waals surface area contributed by atoms with Crippen LogP contribution in [0.15, 0.2) is 60.8 Å². The minimum absolute atomic E-state index is 0.185. The van der Waals surface area contributed by atoms with Crippen molar-refractivity contribution in [3.63, 3.8) is 0 Å². The Morgan fingerprint density at radius 1 is 0.459 bits per heavy atom. The molecule has 0 saturated carbocycles. The molecule has 0 radical (unpaired) electrons. The zero-order chi connectivity index (χ0) is 53.6. The molecular formula is C65H119NO8. The average molecular weight is 1040 g/mol. The maximum Gasteiger partial charge on any atom is 0.220 e. The number of nitrogens with one attached hydrogen (secondary N) is 1. The van der Waals surface area contributed by atoms with Gasteiger partial charge in [0.1, 0.15) is 24.4 Å². The normalized spacial score (nSPS) is 19.4. The summed E-state index contributed by atoms with van der Waals surface area (Å²) in [6.07, 6.45) is 67.6. The van der Waals surface area contributed by atoms with Crippen molar-refractivity contribution in [1.29, 1.82) is 0 Å². The van der Waals surface area contributed by atoms with E-state index in [1.54, 1.807) is 6.08 Å². The van der Waals surface area contributed by atoms with Crippen molar-refractivity contribution in [2.45, 2.75) is 333 Å². The van der Waals surface area contributed by atoms with Crippen molar-refractivity contribution in [2.75, 3.05) is 13.2 Å². The third kappa shape index (κ3) is 42.9. The van der Waals surface area contributed by atoms with Crippen LogP contribution in [0.3, 0.4) is 0 Å². The van der Waals surface area contributed by atoms with Crippen LogP contribution in [0, 0.1) is 0 Å². The van der Waals surface area contributed by atoms with Gasteiger partial charge in [-0.3, -0.25) is 4.79 Å². The minimum atomic E-state index is -1.57. The van der Waals surface area contributed by atoms with Gasteiger partial charge in [0.25, 0.3) is 0 Å². The Labute approximate surface area is 456 Å². The largest absolute Gasteiger partial charge is 0.394 e. The summed E-state index contributed by atoms with van der Waals surface area (Å²) in [4.78, 5) is 13.0. The first kappa shape index (κ1) is 69.9. The first-order chi connectivity index (χ1) is 36.3. The molecule has 1 aliphatic rings. The number of aliphatic hydroxyl groups excluding tert-OH is 5. The van der Waals surface area contributed by atoms with Crippen LogP contribution in [-0.4, -0.2) is 87.5 Å². The number of allylic oxidation sites excluding steroid dienone is 9. The second-order valence-corrected chi connectivity index (χ2v) is 21.8. The minimum Gasteiger partial charge on any atom is -0.394 e. The molecule has 1 fully saturated rings. The molecule has 9 heteroatoms. The molecule has 1 saturated heterocycles. The number of hydrogen-bond acceptors (Lipinski definition) is 8. The van der Waals surface area contributed by atoms with Crippen molar-refractivity contribution in [3.05, 3.63) is 60.8 Å². The van der Waals surface area contributed by atoms with E-state index in [0.29, 0.717) is 6.42 Å². The molecule has 432 valence electrons. The summed E-state index contributed by atoms with van der Waals surface area (Å²) in [7, 11) is 0. The zero-order valence-electron chi connectivity index (χ0n) is 48.1. The standard InChI is InChI=1S/C65H119NO8/c1-3-5-7-9-11-13-15-17-18-19-20-21-22-23-24-25-26-27-28-29-30-31-32-33-34-35-36-37-38-39-40-41-42-43-45-47-49-51-53-55-61(69)66-58(57-73-65-64(72)63(71)62(70)60(56-67)74-65)59(68)54-52-50-48-46-44-16-14-12-10-8-6-4-2/h15,17,19-20,22-23,44,46,52,54,58-60,62-65,67-68,70-72H,3-14,16,18,21,24-43,45,47-51,53,55-57H2,1-2H3,(H,66,69)/b17-15-,20-19-,23-22-,46-44+,54-52+. The van der Waals surface area contributed by atoms with Gasteiger partial charge in [-0.25, -0.2) is 0 Å². The fraction of sp³-hybridized carbons (Fsp3) is 0.831. The molecule has 7 atom stereocenters. The Hall–Kier alpha value is -2.11. The monoisotopic (exact) mass is 1040 g/mol. The SMILES string of the molecule is CCCCCCC/C=C\C/C=C\C/C=C\CCCCCCCCCCCCCCCCCCCCCCCCCCC(=O)NC(COC1OC(CO)C(O)C(O)C1O)C(O)/C=C/CC/C=C/CCCCCCCC. The Balaban J connectivity index is 2.03. The van der Waals surface area contributed by atoms with Gasteiger partial charge in [-0.2, -0.15) is 0 Å². The van der Waals surface area contributed by atoms with E-state index < -0.39 is 49.5 Å². The number of amides is 1. The predicted molar refractivity (Wildman–Crippen MR) is 313 cm³/mol. The Morgan fingerprint density at radius 3 is 1.23 bits per heavy atom. The summed E-state index contributed by atoms with van der Waals surface area (Å²) < 4.78 is 11.2. The molecule has 7 unspecified atom stereocenters. The average Bonchev–Trinajstić information content (AvgIpc) is 3.40. The number of hydrogen-bond donors (Lipinski definition) is 6. The quantitative estimate of drug-likeness (QED) is 0.0261. The van der Waals surface area contributed by atoms with Crippen LogP contribution < -0.4 is 5.32 Å². The summed E-state index contributed by atoms with van der Waals surface area (Å²) in [5.74, 6) is -0.185. The number of ether oxygens (including phenoxy) is 2. The van der Waals surface area contributed by atoms with Gasteiger partial charge in [0.2, 0.25) is 5.91 Å². The van der Waals surface area contributed by atoms with Crippen molar-refractivity contribution in [2.24, 2.45) is 0 Å². The zero-order valence-corrected chi connectivity index (χ0v) is 48.1. The fourth-order valence-corrected chi connectivity index (χ4v) is 9.83. The Kier molecular flexibility index (Phi) is 51.3. The molecule has 0 aromatic heterocycles. The number of rotatable bonds is 54. The molecule has 1 aliphatic heterocycles. The lowest BCUT2D eigenvalue weighted by Crippen LogP contribution is -2.60. The molecule has 0 spiro atoms. The highest BCUT2D eigenvalue weighted by molar-refractivity contribution is 5.76. The van der Waals surface area contributed by atoms with Gasteiger partial charge >= 0.3 is 0 Å². The number of carbonyl (C=O) groups is 1. The van der Waals surface area contributed by atoms with E-state index in [-0.39, 0.29) is 12.5 Å². The van der Waals surface area contributed by atoms with E-state index in [9.17, 15) is 30.3 Å². The molecule has 74 heavy (non-hydrogen) atoms. The highest BCUT2D eigenvalue weighted by atomic mass is 16.7. The lowest BCUT2D eigenvalue weighted by atomic mass is 9.99. The van der Waals surface area contributed by atoms with E-state index in [4.69, 9.17) is 9.47 Å². The van der Waals surface area contributed by atoms with Crippen molar-refractivity contribution in [3.8, 4) is 0 Å². The number of aliphatic hydroxyl groups is 5. The molecule has 0 aromatic carbocycles. The first-order valence-corrected chi connectivity index (χ1v) is 31.5. The molecule has 0 aliphatic carbocycles. The summed E-state index contributed by atoms with van der Waals surface area (Å²) >= 11 is 0. The highest BCUT2D eigenvalue weighted by Crippen LogP contribution is 2.23. The molecular weight excluding hydrogens is 923 g/mol. The van der Waals surface area contributed by atoms with Gasteiger partial charge < -0.3 is 40.3 Å². The summed E-state index contributed by atoms with van der Waals surface area (Å²) in [5.41, 5.74) is 0. The predicted octanol–water partition coefficient (Wildman–Crippen LogP) is 16.2. The Morgan fingerprint density at radius 2 is 0.811 bits per heavy atom. The molecule has 1 rings (SSSR count). The van der Waals surface area contributed by atoms with Gasteiger partial charge in [0.15, 0.2) is 6.29 Å². The van der Waals surface area contributed by atoms with Gasteiger partial charge in [0.05, 0.1) is 25.4 Å². The molecule has 0 bridgehead atoms. The smallest absolute Gasteiger partial charge is 0.220 e. The van der Waals surface area contributed by atoms with E-state index in [1.165, 1.54) is 218 Å². The van der Waals surface area contributed by atoms with E-state index in [0.717, 1.165) is 51.4 Å². The van der Waals surface area contributed by atoms with Gasteiger partial charge in [-0.15, -0.1) is 0 Å². The Bertz CT molecular complexity index is 1350. The van der Waals surface area contributed by atoms with Crippen LogP contribution in [0.2, 0.25) is 0 Å². The topological polar surface area (TPSA) is 149 Å². The van der Waals surface area contributed by atoms with E-state index >= 15 is 0 Å². The second-order valence-electron chi connectivity index (χ2n) is 21.8. The first-order valence-electron chi connectivity index (χ1n) is 31.5. The molecule has 1 amide bonds. The lowest BCUT2D eigenvalue weighted by molar-refractivity contribution is -0.302. The maximum absolute atomic E-state index is 13.0. The van der Waals surface area contributed by atoms with Crippen LogP contribution in [0.1, 0.15) is 290 Å². The van der Waals surface area contributed by atoms with Crippen LogP contribution in [-0.2, 0) is 14.3 Å². The second kappa shape index (κ2) is 54.3. The van der Waals surface area contributed by atoms with Crippen LogP contribution in [0.5, 0.6) is 0 Å². The molecule has 1 heterocycles. The molecule has 9 nitrogen and oxygen atoms in total. The summed E-state index contributed by atoms with van der Waals surface area (Å²) in [5, 5.41) is 54.4. The van der Waals surface area contributed by atoms with Crippen LogP contribution >= 0.6 is 0 Å². The van der Waals surface area contributed by atoms with E-state index in [1.807, 2.05) is 6.08 Å². The van der Waals surface area contributed by atoms with Crippen molar-refractivity contribution >= 4 is 5.91 Å². The summed E-state index contributed by atoms with van der Waals surface area (Å²) in [6.45, 7) is 3.74. The van der Waals surface area contributed by atoms with Crippen LogP contribution in [0.4, 0.5) is 0 Å². The van der Waals surface area contributed by atoms with Gasteiger partial charge in [-0.1, -0.05) is 274 Å².